The number of hydrogen-bond donors (Lipinski definition) is 0. The van der Waals surface area contributed by atoms with Gasteiger partial charge in [0, 0.05) is 36.3 Å². The van der Waals surface area contributed by atoms with Gasteiger partial charge in [0.1, 0.15) is 0 Å². The molecule has 0 radical (unpaired) electrons. The smallest absolute Gasteiger partial charge is 0.247 e. The summed E-state index contributed by atoms with van der Waals surface area (Å²) in [5.41, 5.74) is 0.952. The fourth-order valence-electron chi connectivity index (χ4n) is 2.60. The molecule has 3 heterocycles. The van der Waals surface area contributed by atoms with Gasteiger partial charge in [-0.05, 0) is 30.4 Å². The summed E-state index contributed by atoms with van der Waals surface area (Å²) in [5.74, 6) is 0.0877. The maximum absolute atomic E-state index is 12.3. The highest BCUT2D eigenvalue weighted by atomic mass is 32.1. The minimum atomic E-state index is 0.0877. The molecule has 104 valence electrons. The quantitative estimate of drug-likeness (QED) is 0.814. The molecule has 2 aromatic rings. The summed E-state index contributed by atoms with van der Waals surface area (Å²) >= 11 is 1.73. The number of carbonyl (C=O) groups is 1. The Morgan fingerprint density at radius 3 is 3.15 bits per heavy atom. The van der Waals surface area contributed by atoms with E-state index in [9.17, 15) is 4.79 Å². The number of rotatable bonds is 3. The molecule has 20 heavy (non-hydrogen) atoms. The van der Waals surface area contributed by atoms with E-state index in [1.807, 2.05) is 30.3 Å². The molecule has 1 saturated heterocycles. The van der Waals surface area contributed by atoms with Gasteiger partial charge < -0.3 is 4.90 Å². The molecule has 1 fully saturated rings. The van der Waals surface area contributed by atoms with Crippen LogP contribution in [-0.2, 0) is 11.8 Å². The van der Waals surface area contributed by atoms with Crippen LogP contribution in [0.4, 0.5) is 0 Å². The van der Waals surface area contributed by atoms with Crippen LogP contribution in [0.3, 0.4) is 0 Å². The van der Waals surface area contributed by atoms with Gasteiger partial charge in [0.05, 0.1) is 12.2 Å². The highest BCUT2D eigenvalue weighted by molar-refractivity contribution is 7.10. The van der Waals surface area contributed by atoms with Gasteiger partial charge in [0.2, 0.25) is 5.91 Å². The Hall–Kier alpha value is -1.88. The third-order valence-corrected chi connectivity index (χ3v) is 4.52. The maximum atomic E-state index is 12.3. The van der Waals surface area contributed by atoms with Crippen molar-refractivity contribution in [3.05, 3.63) is 46.4 Å². The highest BCUT2D eigenvalue weighted by Crippen LogP contribution is 2.34. The van der Waals surface area contributed by atoms with Crippen LogP contribution in [0.5, 0.6) is 0 Å². The molecule has 4 nitrogen and oxygen atoms in total. The van der Waals surface area contributed by atoms with E-state index in [0.29, 0.717) is 0 Å². The molecule has 3 rings (SSSR count). The number of carbonyl (C=O) groups excluding carboxylic acids is 1. The fourth-order valence-corrected chi connectivity index (χ4v) is 3.47. The molecule has 0 aliphatic carbocycles. The van der Waals surface area contributed by atoms with Crippen molar-refractivity contribution in [1.29, 1.82) is 0 Å². The number of nitrogens with zero attached hydrogens (tertiary/aromatic N) is 3. The molecule has 5 heteroatoms. The van der Waals surface area contributed by atoms with Gasteiger partial charge in [-0.25, -0.2) is 0 Å². The van der Waals surface area contributed by atoms with Crippen LogP contribution in [0.2, 0.25) is 0 Å². The van der Waals surface area contributed by atoms with Crippen molar-refractivity contribution in [1.82, 2.24) is 14.7 Å². The zero-order valence-electron chi connectivity index (χ0n) is 11.4. The highest BCUT2D eigenvalue weighted by Gasteiger charge is 2.29. The summed E-state index contributed by atoms with van der Waals surface area (Å²) < 4.78 is 1.73. The van der Waals surface area contributed by atoms with Crippen LogP contribution in [-0.4, -0.2) is 27.1 Å². The van der Waals surface area contributed by atoms with E-state index in [4.69, 9.17) is 0 Å². The summed E-state index contributed by atoms with van der Waals surface area (Å²) in [5, 5.41) is 6.16. The number of likely N-dealkylation sites (tertiary alicyclic amines) is 1. The molecule has 1 aliphatic heterocycles. The molecule has 0 N–H and O–H groups in total. The second kappa shape index (κ2) is 5.63. The number of amides is 1. The molecule has 0 saturated carbocycles. The Balaban J connectivity index is 1.71. The first-order valence-corrected chi connectivity index (χ1v) is 7.63. The Morgan fingerprint density at radius 1 is 1.55 bits per heavy atom. The van der Waals surface area contributed by atoms with Crippen molar-refractivity contribution < 1.29 is 4.79 Å². The second-order valence-corrected chi connectivity index (χ2v) is 5.97. The molecule has 1 amide bonds. The van der Waals surface area contributed by atoms with E-state index in [1.165, 1.54) is 4.88 Å². The Kier molecular flexibility index (Phi) is 3.69. The van der Waals surface area contributed by atoms with E-state index in [-0.39, 0.29) is 11.9 Å². The van der Waals surface area contributed by atoms with Crippen molar-refractivity contribution in [2.45, 2.75) is 18.9 Å². The third-order valence-electron chi connectivity index (χ3n) is 3.55. The van der Waals surface area contributed by atoms with Crippen LogP contribution < -0.4 is 0 Å². The van der Waals surface area contributed by atoms with E-state index in [1.54, 1.807) is 28.3 Å². The monoisotopic (exact) mass is 287 g/mol. The predicted octanol–water partition coefficient (Wildman–Crippen LogP) is 2.86. The third kappa shape index (κ3) is 2.67. The number of aromatic nitrogens is 2. The zero-order valence-corrected chi connectivity index (χ0v) is 12.2. The lowest BCUT2D eigenvalue weighted by atomic mass is 10.2. The van der Waals surface area contributed by atoms with Gasteiger partial charge in [0.15, 0.2) is 0 Å². The van der Waals surface area contributed by atoms with Gasteiger partial charge in [-0.15, -0.1) is 11.3 Å². The minimum absolute atomic E-state index is 0.0877. The average molecular weight is 287 g/mol. The standard InChI is InChI=1S/C15H17N3OS/c1-17-11-12(10-16-17)6-7-15(19)18-8-2-4-13(18)14-5-3-9-20-14/h3,5-7,9-11,13H,2,4,8H2,1H3/b7-6+. The lowest BCUT2D eigenvalue weighted by molar-refractivity contribution is -0.126. The molecule has 1 atom stereocenters. The van der Waals surface area contributed by atoms with Crippen LogP contribution in [0.1, 0.15) is 29.3 Å². The van der Waals surface area contributed by atoms with Crippen LogP contribution in [0, 0.1) is 0 Å². The van der Waals surface area contributed by atoms with Gasteiger partial charge in [-0.1, -0.05) is 6.07 Å². The predicted molar refractivity (Wildman–Crippen MR) is 80.2 cm³/mol. The van der Waals surface area contributed by atoms with Crippen molar-refractivity contribution in [3.63, 3.8) is 0 Å². The Labute approximate surface area is 122 Å². The first kappa shape index (κ1) is 13.1. The summed E-state index contributed by atoms with van der Waals surface area (Å²) in [4.78, 5) is 15.6. The second-order valence-electron chi connectivity index (χ2n) is 4.99. The summed E-state index contributed by atoms with van der Waals surface area (Å²) in [6.07, 6.45) is 9.28. The molecule has 0 spiro atoms. The van der Waals surface area contributed by atoms with E-state index < -0.39 is 0 Å². The van der Waals surface area contributed by atoms with Gasteiger partial charge in [-0.3, -0.25) is 9.48 Å². The normalized spacial score (nSPS) is 19.1. The zero-order chi connectivity index (χ0) is 13.9. The SMILES string of the molecule is Cn1cc(/C=C/C(=O)N2CCCC2c2cccs2)cn1. The fraction of sp³-hybridized carbons (Fsp3) is 0.333. The number of thiophene rings is 1. The average Bonchev–Trinajstić information content (AvgIpc) is 3.16. The minimum Gasteiger partial charge on any atom is -0.331 e. The van der Waals surface area contributed by atoms with Crippen molar-refractivity contribution in [3.8, 4) is 0 Å². The van der Waals surface area contributed by atoms with Gasteiger partial charge in [0.25, 0.3) is 0 Å². The van der Waals surface area contributed by atoms with Crippen molar-refractivity contribution in [2.75, 3.05) is 6.54 Å². The largest absolute Gasteiger partial charge is 0.331 e. The first-order chi connectivity index (χ1) is 9.74. The van der Waals surface area contributed by atoms with Crippen molar-refractivity contribution in [2.24, 2.45) is 7.05 Å². The maximum Gasteiger partial charge on any atom is 0.247 e. The summed E-state index contributed by atoms with van der Waals surface area (Å²) in [7, 11) is 1.87. The van der Waals surface area contributed by atoms with Crippen LogP contribution >= 0.6 is 11.3 Å². The van der Waals surface area contributed by atoms with Gasteiger partial charge >= 0.3 is 0 Å². The lowest BCUT2D eigenvalue weighted by Gasteiger charge is -2.22. The van der Waals surface area contributed by atoms with E-state index in [0.717, 1.165) is 24.9 Å². The van der Waals surface area contributed by atoms with Gasteiger partial charge in [-0.2, -0.15) is 5.10 Å². The molecular formula is C15H17N3OS. The number of aryl methyl sites for hydroxylation is 1. The molecule has 1 aliphatic rings. The molecule has 2 aromatic heterocycles. The molecule has 0 aromatic carbocycles. The summed E-state index contributed by atoms with van der Waals surface area (Å²) in [6, 6.07) is 4.42. The topological polar surface area (TPSA) is 38.1 Å². The van der Waals surface area contributed by atoms with Crippen LogP contribution in [0.25, 0.3) is 6.08 Å². The van der Waals surface area contributed by atoms with Crippen molar-refractivity contribution >= 4 is 23.3 Å². The number of hydrogen-bond acceptors (Lipinski definition) is 3. The molecule has 1 unspecified atom stereocenters. The first-order valence-electron chi connectivity index (χ1n) is 6.75. The van der Waals surface area contributed by atoms with E-state index >= 15 is 0 Å². The van der Waals surface area contributed by atoms with E-state index in [2.05, 4.69) is 16.5 Å². The molecule has 0 bridgehead atoms. The Morgan fingerprint density at radius 2 is 2.45 bits per heavy atom. The van der Waals surface area contributed by atoms with Crippen LogP contribution in [0.15, 0.2) is 36.0 Å². The summed E-state index contributed by atoms with van der Waals surface area (Å²) in [6.45, 7) is 0.846. The Bertz CT molecular complexity index is 615. The molecular weight excluding hydrogens is 270 g/mol. The lowest BCUT2D eigenvalue weighted by Crippen LogP contribution is -2.28.